The second-order valence-electron chi connectivity index (χ2n) is 6.21. The first-order valence-electron chi connectivity index (χ1n) is 8.70. The maximum absolute atomic E-state index is 12.4. The zero-order chi connectivity index (χ0) is 19.5. The molecule has 0 aliphatic carbocycles. The third kappa shape index (κ3) is 3.78. The summed E-state index contributed by atoms with van der Waals surface area (Å²) in [5, 5.41) is 2.85. The smallest absolute Gasteiger partial charge is 0.259 e. The predicted molar refractivity (Wildman–Crippen MR) is 104 cm³/mol. The van der Waals surface area contributed by atoms with E-state index in [0.717, 1.165) is 0 Å². The van der Waals surface area contributed by atoms with Gasteiger partial charge in [0, 0.05) is 24.1 Å². The summed E-state index contributed by atoms with van der Waals surface area (Å²) in [7, 11) is 0. The molecule has 4 rings (SSSR count). The van der Waals surface area contributed by atoms with Crippen LogP contribution in [0.3, 0.4) is 0 Å². The first-order valence-corrected chi connectivity index (χ1v) is 8.70. The number of benzene rings is 1. The number of furan rings is 1. The average molecular weight is 374 g/mol. The molecule has 0 spiro atoms. The van der Waals surface area contributed by atoms with Gasteiger partial charge in [0.05, 0.1) is 5.56 Å². The minimum atomic E-state index is -0.213. The van der Waals surface area contributed by atoms with Crippen LogP contribution in [0.2, 0.25) is 0 Å². The highest BCUT2D eigenvalue weighted by Crippen LogP contribution is 2.23. The fourth-order valence-corrected chi connectivity index (χ4v) is 2.80. The molecule has 4 aromatic rings. The second-order valence-corrected chi connectivity index (χ2v) is 6.21. The molecule has 0 atom stereocenters. The number of nitrogens with zero attached hydrogens (tertiary/aromatic N) is 3. The van der Waals surface area contributed by atoms with Crippen molar-refractivity contribution in [1.29, 1.82) is 0 Å². The fraction of sp³-hybridized carbons (Fsp3) is 0.0952. The number of aromatic nitrogens is 3. The zero-order valence-electron chi connectivity index (χ0n) is 15.4. The van der Waals surface area contributed by atoms with Crippen LogP contribution in [0.5, 0.6) is 11.6 Å². The minimum Gasteiger partial charge on any atom is -0.466 e. The van der Waals surface area contributed by atoms with E-state index < -0.39 is 0 Å². The van der Waals surface area contributed by atoms with Gasteiger partial charge >= 0.3 is 0 Å². The van der Waals surface area contributed by atoms with Crippen LogP contribution >= 0.6 is 0 Å². The molecule has 0 unspecified atom stereocenters. The average Bonchev–Trinajstić information content (AvgIpc) is 3.33. The number of hydrogen-bond donors (Lipinski definition) is 1. The molecule has 0 saturated carbocycles. The lowest BCUT2D eigenvalue weighted by molar-refractivity contribution is 0.102. The summed E-state index contributed by atoms with van der Waals surface area (Å²) in [4.78, 5) is 20.7. The molecule has 1 amide bonds. The van der Waals surface area contributed by atoms with Gasteiger partial charge in [-0.15, -0.1) is 0 Å². The van der Waals surface area contributed by atoms with E-state index in [-0.39, 0.29) is 5.91 Å². The number of carbonyl (C=O) groups excluding carboxylic acids is 1. The first-order chi connectivity index (χ1) is 13.6. The van der Waals surface area contributed by atoms with Gasteiger partial charge in [-0.25, -0.2) is 9.97 Å². The summed E-state index contributed by atoms with van der Waals surface area (Å²) < 4.78 is 13.1. The Bertz CT molecular complexity index is 1100. The van der Waals surface area contributed by atoms with Gasteiger partial charge in [0.15, 0.2) is 0 Å². The predicted octanol–water partition coefficient (Wildman–Crippen LogP) is 4.52. The van der Waals surface area contributed by atoms with E-state index in [4.69, 9.17) is 9.15 Å². The number of amides is 1. The van der Waals surface area contributed by atoms with Gasteiger partial charge in [0.25, 0.3) is 5.91 Å². The molecule has 0 bridgehead atoms. The Morgan fingerprint density at radius 1 is 1.07 bits per heavy atom. The van der Waals surface area contributed by atoms with Crippen molar-refractivity contribution in [3.8, 4) is 17.4 Å². The SMILES string of the molecule is Cc1cc(C(=O)Nc2ccc(Oc3cc(-n4cccc4)ncn3)cc2)c(C)o1. The lowest BCUT2D eigenvalue weighted by atomic mass is 10.2. The standard InChI is InChI=1S/C21H18N4O3/c1-14-11-18(15(2)27-14)21(26)24-16-5-7-17(8-6-16)28-20-12-19(22-13-23-20)25-9-3-4-10-25/h3-13H,1-2H3,(H,24,26). The summed E-state index contributed by atoms with van der Waals surface area (Å²) in [6, 6.07) is 14.4. The first kappa shape index (κ1) is 17.5. The Kier molecular flexibility index (Phi) is 4.63. The van der Waals surface area contributed by atoms with Crippen molar-refractivity contribution in [3.63, 3.8) is 0 Å². The number of ether oxygens (including phenoxy) is 1. The Labute approximate surface area is 161 Å². The quantitative estimate of drug-likeness (QED) is 0.555. The van der Waals surface area contributed by atoms with E-state index in [1.165, 1.54) is 6.33 Å². The lowest BCUT2D eigenvalue weighted by Crippen LogP contribution is -2.11. The van der Waals surface area contributed by atoms with Crippen molar-refractivity contribution in [3.05, 3.63) is 84.3 Å². The van der Waals surface area contributed by atoms with Gasteiger partial charge in [0.1, 0.15) is 29.4 Å². The molecule has 0 aliphatic heterocycles. The van der Waals surface area contributed by atoms with Crippen molar-refractivity contribution in [2.24, 2.45) is 0 Å². The highest BCUT2D eigenvalue weighted by molar-refractivity contribution is 6.05. The Morgan fingerprint density at radius 3 is 2.50 bits per heavy atom. The van der Waals surface area contributed by atoms with E-state index in [1.54, 1.807) is 43.3 Å². The normalized spacial score (nSPS) is 10.6. The largest absolute Gasteiger partial charge is 0.466 e. The van der Waals surface area contributed by atoms with Crippen molar-refractivity contribution in [2.75, 3.05) is 5.32 Å². The monoisotopic (exact) mass is 374 g/mol. The number of anilines is 1. The highest BCUT2D eigenvalue weighted by atomic mass is 16.5. The van der Waals surface area contributed by atoms with Crippen LogP contribution in [0, 0.1) is 13.8 Å². The van der Waals surface area contributed by atoms with E-state index in [0.29, 0.717) is 40.2 Å². The Morgan fingerprint density at radius 2 is 1.82 bits per heavy atom. The van der Waals surface area contributed by atoms with Crippen LogP contribution in [-0.4, -0.2) is 20.4 Å². The number of nitrogens with one attached hydrogen (secondary N) is 1. The second kappa shape index (κ2) is 7.40. The summed E-state index contributed by atoms with van der Waals surface area (Å²) in [5.74, 6) is 2.83. The maximum atomic E-state index is 12.4. The van der Waals surface area contributed by atoms with Crippen molar-refractivity contribution >= 4 is 11.6 Å². The number of carbonyl (C=O) groups is 1. The molecule has 1 N–H and O–H groups in total. The fourth-order valence-electron chi connectivity index (χ4n) is 2.80. The molecule has 3 aromatic heterocycles. The van der Waals surface area contributed by atoms with E-state index >= 15 is 0 Å². The van der Waals surface area contributed by atoms with Crippen LogP contribution in [0.1, 0.15) is 21.9 Å². The summed E-state index contributed by atoms with van der Waals surface area (Å²) in [6.07, 6.45) is 5.24. The van der Waals surface area contributed by atoms with Crippen molar-refractivity contribution in [2.45, 2.75) is 13.8 Å². The van der Waals surface area contributed by atoms with Gasteiger partial charge in [-0.1, -0.05) is 0 Å². The molecule has 0 saturated heterocycles. The molecule has 28 heavy (non-hydrogen) atoms. The maximum Gasteiger partial charge on any atom is 0.259 e. The van der Waals surface area contributed by atoms with Crippen LogP contribution < -0.4 is 10.1 Å². The molecular weight excluding hydrogens is 356 g/mol. The van der Waals surface area contributed by atoms with Gasteiger partial charge in [0.2, 0.25) is 5.88 Å². The molecule has 0 fully saturated rings. The molecule has 0 radical (unpaired) electrons. The van der Waals surface area contributed by atoms with Crippen LogP contribution in [0.4, 0.5) is 5.69 Å². The zero-order valence-corrected chi connectivity index (χ0v) is 15.4. The van der Waals surface area contributed by atoms with Gasteiger partial charge in [-0.05, 0) is 56.3 Å². The molecule has 1 aromatic carbocycles. The lowest BCUT2D eigenvalue weighted by Gasteiger charge is -2.08. The highest BCUT2D eigenvalue weighted by Gasteiger charge is 2.13. The number of aryl methyl sites for hydroxylation is 2. The van der Waals surface area contributed by atoms with Crippen LogP contribution in [-0.2, 0) is 0 Å². The molecular formula is C21H18N4O3. The topological polar surface area (TPSA) is 82.2 Å². The summed E-state index contributed by atoms with van der Waals surface area (Å²) in [5.41, 5.74) is 1.18. The molecule has 3 heterocycles. The molecule has 140 valence electrons. The summed E-state index contributed by atoms with van der Waals surface area (Å²) in [6.45, 7) is 3.58. The summed E-state index contributed by atoms with van der Waals surface area (Å²) >= 11 is 0. The van der Waals surface area contributed by atoms with E-state index in [1.807, 2.05) is 36.0 Å². The van der Waals surface area contributed by atoms with Crippen LogP contribution in [0.25, 0.3) is 5.82 Å². The Hall–Kier alpha value is -3.87. The third-order valence-electron chi connectivity index (χ3n) is 4.12. The molecule has 0 aliphatic rings. The molecule has 7 heteroatoms. The van der Waals surface area contributed by atoms with E-state index in [2.05, 4.69) is 15.3 Å². The minimum absolute atomic E-state index is 0.213. The van der Waals surface area contributed by atoms with Gasteiger partial charge in [-0.3, -0.25) is 4.79 Å². The van der Waals surface area contributed by atoms with Crippen LogP contribution in [0.15, 0.2) is 71.7 Å². The van der Waals surface area contributed by atoms with Gasteiger partial charge < -0.3 is 19.0 Å². The molecule has 7 nitrogen and oxygen atoms in total. The van der Waals surface area contributed by atoms with Crippen molar-refractivity contribution < 1.29 is 13.9 Å². The van der Waals surface area contributed by atoms with Gasteiger partial charge in [-0.2, -0.15) is 0 Å². The number of rotatable bonds is 5. The third-order valence-corrected chi connectivity index (χ3v) is 4.12. The van der Waals surface area contributed by atoms with E-state index in [9.17, 15) is 4.79 Å². The Balaban J connectivity index is 1.44. The van der Waals surface area contributed by atoms with Crippen molar-refractivity contribution in [1.82, 2.24) is 14.5 Å². The number of hydrogen-bond acceptors (Lipinski definition) is 5.